The van der Waals surface area contributed by atoms with Crippen LogP contribution in [0.25, 0.3) is 0 Å². The minimum absolute atomic E-state index is 0.0546. The van der Waals surface area contributed by atoms with Crippen LogP contribution < -0.4 is 9.91 Å². The fourth-order valence-electron chi connectivity index (χ4n) is 3.06. The molecule has 162 valence electrons. The molecule has 0 radical (unpaired) electrons. The topological polar surface area (TPSA) is 39.7 Å². The second kappa shape index (κ2) is 8.31. The molecule has 0 bridgehead atoms. The van der Waals surface area contributed by atoms with Gasteiger partial charge in [0.1, 0.15) is 5.82 Å². The first kappa shape index (κ1) is 22.2. The zero-order chi connectivity index (χ0) is 22.1. The number of hydrogen-bond donors (Lipinski definition) is 0. The molecule has 0 atom stereocenters. The van der Waals surface area contributed by atoms with Crippen LogP contribution in [0.2, 0.25) is 5.02 Å². The van der Waals surface area contributed by atoms with Crippen molar-refractivity contribution >= 4 is 29.5 Å². The normalized spacial score (nSPS) is 15.9. The van der Waals surface area contributed by atoms with Crippen molar-refractivity contribution in [2.45, 2.75) is 12.4 Å². The van der Waals surface area contributed by atoms with Gasteiger partial charge in [0, 0.05) is 32.4 Å². The molecule has 5 nitrogen and oxygen atoms in total. The third kappa shape index (κ3) is 4.78. The molecule has 1 fully saturated rings. The Kier molecular flexibility index (Phi) is 6.14. The van der Waals surface area contributed by atoms with Gasteiger partial charge in [0.2, 0.25) is 6.41 Å². The van der Waals surface area contributed by atoms with Gasteiger partial charge in [-0.05, 0) is 24.3 Å². The quantitative estimate of drug-likeness (QED) is 0.507. The van der Waals surface area contributed by atoms with Crippen LogP contribution in [-0.4, -0.2) is 42.6 Å². The van der Waals surface area contributed by atoms with Crippen molar-refractivity contribution in [1.29, 1.82) is 0 Å². The molecule has 0 spiro atoms. The molecule has 1 aliphatic rings. The van der Waals surface area contributed by atoms with Crippen LogP contribution in [0.15, 0.2) is 36.5 Å². The first-order chi connectivity index (χ1) is 14.0. The largest absolute Gasteiger partial charge is 0.417 e. The molecule has 2 aromatic rings. The van der Waals surface area contributed by atoms with Crippen molar-refractivity contribution < 1.29 is 31.1 Å². The van der Waals surface area contributed by atoms with Crippen molar-refractivity contribution in [3.05, 3.63) is 52.7 Å². The molecular formula is C18H15ClF6N4O. The van der Waals surface area contributed by atoms with Crippen LogP contribution in [0.1, 0.15) is 11.1 Å². The van der Waals surface area contributed by atoms with Crippen molar-refractivity contribution in [2.75, 3.05) is 36.1 Å². The molecule has 0 saturated carbocycles. The number of alkyl halides is 6. The average Bonchev–Trinajstić information content (AvgIpc) is 2.68. The summed E-state index contributed by atoms with van der Waals surface area (Å²) in [6, 6.07) is 5.15. The Balaban J connectivity index is 1.72. The summed E-state index contributed by atoms with van der Waals surface area (Å²) in [4.78, 5) is 17.0. The van der Waals surface area contributed by atoms with Crippen LogP contribution in [0.4, 0.5) is 37.8 Å². The predicted molar refractivity (Wildman–Crippen MR) is 98.0 cm³/mol. The molecule has 2 heterocycles. The molecular weight excluding hydrogens is 438 g/mol. The van der Waals surface area contributed by atoms with Crippen molar-refractivity contribution in [3.63, 3.8) is 0 Å². The summed E-state index contributed by atoms with van der Waals surface area (Å²) in [5, 5.41) is 2.45. The van der Waals surface area contributed by atoms with Crippen LogP contribution in [0, 0.1) is 0 Å². The number of pyridine rings is 1. The number of carbonyl (C=O) groups excluding carboxylic acids is 1. The monoisotopic (exact) mass is 452 g/mol. The van der Waals surface area contributed by atoms with Gasteiger partial charge in [-0.2, -0.15) is 26.3 Å². The maximum absolute atomic E-state index is 12.9. The Morgan fingerprint density at radius 3 is 2.13 bits per heavy atom. The molecule has 0 unspecified atom stereocenters. The van der Waals surface area contributed by atoms with E-state index in [4.69, 9.17) is 11.6 Å². The Bertz CT molecular complexity index is 912. The molecule has 1 saturated heterocycles. The summed E-state index contributed by atoms with van der Waals surface area (Å²) in [5.74, 6) is 0.168. The zero-order valence-corrected chi connectivity index (χ0v) is 16.0. The molecule has 1 aliphatic heterocycles. The lowest BCUT2D eigenvalue weighted by Gasteiger charge is -2.40. The zero-order valence-electron chi connectivity index (χ0n) is 15.2. The number of carbonyl (C=O) groups is 1. The molecule has 1 amide bonds. The number of piperazine rings is 1. The van der Waals surface area contributed by atoms with Gasteiger partial charge in [-0.25, -0.2) is 15.0 Å². The highest BCUT2D eigenvalue weighted by Crippen LogP contribution is 2.34. The summed E-state index contributed by atoms with van der Waals surface area (Å²) in [5.41, 5.74) is -1.79. The van der Waals surface area contributed by atoms with Crippen LogP contribution in [0.3, 0.4) is 0 Å². The minimum atomic E-state index is -4.57. The van der Waals surface area contributed by atoms with Crippen molar-refractivity contribution in [2.24, 2.45) is 0 Å². The van der Waals surface area contributed by atoms with E-state index >= 15 is 0 Å². The van der Waals surface area contributed by atoms with Gasteiger partial charge >= 0.3 is 12.4 Å². The second-order valence-corrected chi connectivity index (χ2v) is 6.87. The highest BCUT2D eigenvalue weighted by molar-refractivity contribution is 6.33. The standard InChI is InChI=1S/C18H15ClF6N4O/c19-15-9-13(18(23,24)25)10-26-16(15)27-4-6-28(7-5-27)29(11-30)14-3-1-2-12(8-14)17(20,21)22/h1-3,8-11H,4-7H2. The van der Waals surface area contributed by atoms with Crippen LogP contribution >= 0.6 is 11.6 Å². The Hall–Kier alpha value is -2.53. The molecule has 1 aromatic carbocycles. The van der Waals surface area contributed by atoms with Gasteiger partial charge in [0.05, 0.1) is 21.8 Å². The van der Waals surface area contributed by atoms with Gasteiger partial charge in [-0.15, -0.1) is 0 Å². The Morgan fingerprint density at radius 2 is 1.60 bits per heavy atom. The first-order valence-corrected chi connectivity index (χ1v) is 9.03. The summed E-state index contributed by atoms with van der Waals surface area (Å²) in [6.45, 7) is 0.935. The Labute approximate surface area is 172 Å². The first-order valence-electron chi connectivity index (χ1n) is 8.65. The molecule has 1 aromatic heterocycles. The third-order valence-electron chi connectivity index (χ3n) is 4.55. The number of anilines is 2. The van der Waals surface area contributed by atoms with E-state index in [0.29, 0.717) is 12.6 Å². The molecule has 12 heteroatoms. The summed E-state index contributed by atoms with van der Waals surface area (Å²) in [7, 11) is 0. The lowest BCUT2D eigenvalue weighted by molar-refractivity contribution is -0.138. The number of hydrogen-bond acceptors (Lipinski definition) is 4. The molecule has 0 aliphatic carbocycles. The average molecular weight is 453 g/mol. The highest BCUT2D eigenvalue weighted by atomic mass is 35.5. The van der Waals surface area contributed by atoms with Gasteiger partial charge < -0.3 is 4.90 Å². The number of amides is 1. The molecule has 0 N–H and O–H groups in total. The Morgan fingerprint density at radius 1 is 0.967 bits per heavy atom. The maximum atomic E-state index is 12.9. The molecule has 30 heavy (non-hydrogen) atoms. The summed E-state index contributed by atoms with van der Waals surface area (Å²) < 4.78 is 77.1. The van der Waals surface area contributed by atoms with E-state index in [1.54, 1.807) is 4.90 Å². The number of nitrogens with zero attached hydrogens (tertiary/aromatic N) is 4. The van der Waals surface area contributed by atoms with E-state index in [1.807, 2.05) is 0 Å². The van der Waals surface area contributed by atoms with E-state index in [2.05, 4.69) is 4.98 Å². The van der Waals surface area contributed by atoms with E-state index in [9.17, 15) is 31.1 Å². The highest BCUT2D eigenvalue weighted by Gasteiger charge is 2.33. The smallest absolute Gasteiger partial charge is 0.353 e. The van der Waals surface area contributed by atoms with Gasteiger partial charge in [-0.3, -0.25) is 4.79 Å². The van der Waals surface area contributed by atoms with Gasteiger partial charge in [0.15, 0.2) is 0 Å². The number of benzene rings is 1. The lowest BCUT2D eigenvalue weighted by atomic mass is 10.2. The number of halogens is 7. The van der Waals surface area contributed by atoms with E-state index in [-0.39, 0.29) is 42.7 Å². The van der Waals surface area contributed by atoms with Gasteiger partial charge in [-0.1, -0.05) is 17.7 Å². The molecule has 3 rings (SSSR count). The number of aromatic nitrogens is 1. The lowest BCUT2D eigenvalue weighted by Crippen LogP contribution is -2.54. The van der Waals surface area contributed by atoms with E-state index in [0.717, 1.165) is 23.2 Å². The van der Waals surface area contributed by atoms with Crippen LogP contribution in [0.5, 0.6) is 0 Å². The summed E-state index contributed by atoms with van der Waals surface area (Å²) in [6.07, 6.45) is -8.01. The summed E-state index contributed by atoms with van der Waals surface area (Å²) >= 11 is 5.96. The van der Waals surface area contributed by atoms with Crippen LogP contribution in [-0.2, 0) is 17.1 Å². The fraction of sp³-hybridized carbons (Fsp3) is 0.333. The van der Waals surface area contributed by atoms with E-state index < -0.39 is 23.5 Å². The van der Waals surface area contributed by atoms with Crippen molar-refractivity contribution in [3.8, 4) is 0 Å². The number of rotatable bonds is 4. The third-order valence-corrected chi connectivity index (χ3v) is 4.83. The fourth-order valence-corrected chi connectivity index (χ4v) is 3.34. The van der Waals surface area contributed by atoms with E-state index in [1.165, 1.54) is 17.1 Å². The maximum Gasteiger partial charge on any atom is 0.417 e. The number of hydrazine groups is 1. The predicted octanol–water partition coefficient (Wildman–Crippen LogP) is 4.47. The van der Waals surface area contributed by atoms with Gasteiger partial charge in [0.25, 0.3) is 0 Å². The minimum Gasteiger partial charge on any atom is -0.353 e. The SMILES string of the molecule is O=CN(c1cccc(C(F)(F)F)c1)N1CCN(c2ncc(C(F)(F)F)cc2Cl)CC1. The second-order valence-electron chi connectivity index (χ2n) is 6.47. The van der Waals surface area contributed by atoms with Crippen molar-refractivity contribution in [1.82, 2.24) is 9.99 Å².